The molecule has 0 spiro atoms. The Morgan fingerprint density at radius 2 is 1.96 bits per heavy atom. The van der Waals surface area contributed by atoms with E-state index in [1.165, 1.54) is 30.3 Å². The molecule has 2 aromatic rings. The van der Waals surface area contributed by atoms with Crippen LogP contribution < -0.4 is 9.62 Å². The molecule has 136 valence electrons. The lowest BCUT2D eigenvalue weighted by Gasteiger charge is -2.24. The lowest BCUT2D eigenvalue weighted by atomic mass is 10.2. The number of nitrogens with one attached hydrogen (secondary N) is 1. The second-order valence-electron chi connectivity index (χ2n) is 5.68. The standard InChI is InChI=1S/C17H21FN2O3S2/c1-3-5-13(2)19-16(21)12-20(15-9-7-14(18)8-10-15)25(22,23)17-6-4-11-24-17/h4,6-11,13H,3,5,12H2,1-2H3,(H,19,21). The first kappa shape index (κ1) is 19.4. The Hall–Kier alpha value is -1.93. The molecule has 1 amide bonds. The number of halogens is 1. The third-order valence-corrected chi connectivity index (χ3v) is 6.72. The van der Waals surface area contributed by atoms with E-state index in [0.29, 0.717) is 0 Å². The number of hydrogen-bond donors (Lipinski definition) is 1. The van der Waals surface area contributed by atoms with Crippen molar-refractivity contribution in [2.75, 3.05) is 10.8 Å². The van der Waals surface area contributed by atoms with Gasteiger partial charge in [0.15, 0.2) is 0 Å². The smallest absolute Gasteiger partial charge is 0.274 e. The van der Waals surface area contributed by atoms with Crippen molar-refractivity contribution >= 4 is 33.0 Å². The van der Waals surface area contributed by atoms with Crippen LogP contribution in [0.5, 0.6) is 0 Å². The third-order valence-electron chi connectivity index (χ3n) is 3.57. The summed E-state index contributed by atoms with van der Waals surface area (Å²) in [5.74, 6) is -0.872. The molecule has 0 saturated carbocycles. The molecular formula is C17H21FN2O3S2. The van der Waals surface area contributed by atoms with Crippen molar-refractivity contribution < 1.29 is 17.6 Å². The highest BCUT2D eigenvalue weighted by molar-refractivity contribution is 7.94. The average Bonchev–Trinajstić information content (AvgIpc) is 3.09. The van der Waals surface area contributed by atoms with Gasteiger partial charge in [-0.3, -0.25) is 9.10 Å². The van der Waals surface area contributed by atoms with Gasteiger partial charge in [-0.25, -0.2) is 12.8 Å². The van der Waals surface area contributed by atoms with Gasteiger partial charge in [-0.15, -0.1) is 11.3 Å². The van der Waals surface area contributed by atoms with Crippen LogP contribution in [0.25, 0.3) is 0 Å². The fourth-order valence-corrected chi connectivity index (χ4v) is 4.92. The van der Waals surface area contributed by atoms with Gasteiger partial charge < -0.3 is 5.32 Å². The minimum atomic E-state index is -3.90. The molecule has 0 aliphatic carbocycles. The van der Waals surface area contributed by atoms with E-state index in [-0.39, 0.29) is 22.5 Å². The topological polar surface area (TPSA) is 66.5 Å². The fourth-order valence-electron chi connectivity index (χ4n) is 2.40. The molecule has 0 radical (unpaired) electrons. The van der Waals surface area contributed by atoms with Gasteiger partial charge >= 0.3 is 0 Å². The summed E-state index contributed by atoms with van der Waals surface area (Å²) in [5, 5.41) is 4.45. The molecule has 2 rings (SSSR count). The Morgan fingerprint density at radius 3 is 2.52 bits per heavy atom. The van der Waals surface area contributed by atoms with Crippen LogP contribution in [0.2, 0.25) is 0 Å². The maximum atomic E-state index is 13.2. The van der Waals surface area contributed by atoms with Crippen LogP contribution in [0.1, 0.15) is 26.7 Å². The van der Waals surface area contributed by atoms with Gasteiger partial charge in [-0.2, -0.15) is 0 Å². The number of sulfonamides is 1. The van der Waals surface area contributed by atoms with Gasteiger partial charge in [0.05, 0.1) is 5.69 Å². The minimum Gasteiger partial charge on any atom is -0.352 e. The van der Waals surface area contributed by atoms with Crippen LogP contribution in [0, 0.1) is 5.82 Å². The van der Waals surface area contributed by atoms with E-state index < -0.39 is 21.7 Å². The highest BCUT2D eigenvalue weighted by atomic mass is 32.2. The number of rotatable bonds is 8. The average molecular weight is 384 g/mol. The number of carbonyl (C=O) groups is 1. The Balaban J connectivity index is 2.30. The summed E-state index contributed by atoms with van der Waals surface area (Å²) < 4.78 is 40.1. The Kier molecular flexibility index (Phi) is 6.55. The quantitative estimate of drug-likeness (QED) is 0.759. The molecule has 5 nitrogen and oxygen atoms in total. The largest absolute Gasteiger partial charge is 0.352 e. The molecule has 1 atom stereocenters. The predicted octanol–water partition coefficient (Wildman–Crippen LogP) is 3.39. The molecule has 1 aromatic heterocycles. The van der Waals surface area contributed by atoms with Gasteiger partial charge in [-0.1, -0.05) is 19.4 Å². The van der Waals surface area contributed by atoms with Gasteiger partial charge in [-0.05, 0) is 49.1 Å². The Bertz CT molecular complexity index is 790. The number of thiophene rings is 1. The monoisotopic (exact) mass is 384 g/mol. The normalized spacial score (nSPS) is 12.6. The van der Waals surface area contributed by atoms with Gasteiger partial charge in [0.2, 0.25) is 5.91 Å². The zero-order chi connectivity index (χ0) is 18.4. The van der Waals surface area contributed by atoms with E-state index in [4.69, 9.17) is 0 Å². The van der Waals surface area contributed by atoms with Crippen LogP contribution in [0.4, 0.5) is 10.1 Å². The van der Waals surface area contributed by atoms with Crippen LogP contribution >= 0.6 is 11.3 Å². The number of nitrogens with zero attached hydrogens (tertiary/aromatic N) is 1. The predicted molar refractivity (Wildman–Crippen MR) is 97.8 cm³/mol. The van der Waals surface area contributed by atoms with Crippen molar-refractivity contribution in [3.8, 4) is 0 Å². The maximum absolute atomic E-state index is 13.2. The number of benzene rings is 1. The molecule has 25 heavy (non-hydrogen) atoms. The molecule has 0 saturated heterocycles. The minimum absolute atomic E-state index is 0.0444. The van der Waals surface area contributed by atoms with E-state index in [1.54, 1.807) is 11.4 Å². The van der Waals surface area contributed by atoms with E-state index >= 15 is 0 Å². The number of anilines is 1. The number of carbonyl (C=O) groups excluding carboxylic acids is 1. The van der Waals surface area contributed by atoms with Crippen molar-refractivity contribution in [3.05, 3.63) is 47.6 Å². The first-order valence-electron chi connectivity index (χ1n) is 7.95. The van der Waals surface area contributed by atoms with Gasteiger partial charge in [0, 0.05) is 6.04 Å². The SMILES string of the molecule is CCCC(C)NC(=O)CN(c1ccc(F)cc1)S(=O)(=O)c1cccs1. The summed E-state index contributed by atoms with van der Waals surface area (Å²) in [7, 11) is -3.90. The Morgan fingerprint density at radius 1 is 1.28 bits per heavy atom. The molecule has 0 aliphatic heterocycles. The summed E-state index contributed by atoms with van der Waals surface area (Å²) in [5.41, 5.74) is 0.244. The molecule has 0 fully saturated rings. The third kappa shape index (κ3) is 5.02. The first-order chi connectivity index (χ1) is 11.8. The van der Waals surface area contributed by atoms with Crippen molar-refractivity contribution in [3.63, 3.8) is 0 Å². The lowest BCUT2D eigenvalue weighted by molar-refractivity contribution is -0.120. The summed E-state index contributed by atoms with van der Waals surface area (Å²) in [4.78, 5) is 12.3. The zero-order valence-electron chi connectivity index (χ0n) is 14.1. The van der Waals surface area contributed by atoms with Crippen molar-refractivity contribution in [1.29, 1.82) is 0 Å². The van der Waals surface area contributed by atoms with E-state index in [1.807, 2.05) is 13.8 Å². The van der Waals surface area contributed by atoms with Crippen molar-refractivity contribution in [1.82, 2.24) is 5.32 Å². The number of amides is 1. The van der Waals surface area contributed by atoms with Crippen molar-refractivity contribution in [2.45, 2.75) is 36.9 Å². The summed E-state index contributed by atoms with van der Waals surface area (Å²) >= 11 is 1.07. The summed E-state index contributed by atoms with van der Waals surface area (Å²) in [6.45, 7) is 3.52. The fraction of sp³-hybridized carbons (Fsp3) is 0.353. The van der Waals surface area contributed by atoms with E-state index in [2.05, 4.69) is 5.32 Å². The molecule has 1 N–H and O–H groups in total. The molecule has 1 heterocycles. The molecule has 1 aromatic carbocycles. The lowest BCUT2D eigenvalue weighted by Crippen LogP contribution is -2.43. The van der Waals surface area contributed by atoms with Gasteiger partial charge in [0.25, 0.3) is 10.0 Å². The number of hydrogen-bond acceptors (Lipinski definition) is 4. The van der Waals surface area contributed by atoms with Crippen LogP contribution in [-0.2, 0) is 14.8 Å². The molecular weight excluding hydrogens is 363 g/mol. The molecule has 1 unspecified atom stereocenters. The highest BCUT2D eigenvalue weighted by Gasteiger charge is 2.28. The van der Waals surface area contributed by atoms with Crippen LogP contribution in [0.15, 0.2) is 46.0 Å². The second-order valence-corrected chi connectivity index (χ2v) is 8.71. The molecule has 0 aliphatic rings. The van der Waals surface area contributed by atoms with E-state index in [0.717, 1.165) is 28.5 Å². The summed E-state index contributed by atoms with van der Waals surface area (Å²) in [6, 6.07) is 8.11. The van der Waals surface area contributed by atoms with Gasteiger partial charge in [0.1, 0.15) is 16.6 Å². The highest BCUT2D eigenvalue weighted by Crippen LogP contribution is 2.26. The van der Waals surface area contributed by atoms with Crippen molar-refractivity contribution in [2.24, 2.45) is 0 Å². The van der Waals surface area contributed by atoms with E-state index in [9.17, 15) is 17.6 Å². The maximum Gasteiger partial charge on any atom is 0.274 e. The molecule has 0 bridgehead atoms. The second kappa shape index (κ2) is 8.44. The summed E-state index contributed by atoms with van der Waals surface area (Å²) in [6.07, 6.45) is 1.72. The zero-order valence-corrected chi connectivity index (χ0v) is 15.7. The Labute approximate surface area is 151 Å². The molecule has 8 heteroatoms. The van der Waals surface area contributed by atoms with Crippen LogP contribution in [-0.4, -0.2) is 26.9 Å². The van der Waals surface area contributed by atoms with Crippen LogP contribution in [0.3, 0.4) is 0 Å². The first-order valence-corrected chi connectivity index (χ1v) is 10.3.